The summed E-state index contributed by atoms with van der Waals surface area (Å²) in [5, 5.41) is 16.2. The molecular formula is C9H11N3OS. The molecule has 0 bridgehead atoms. The van der Waals surface area contributed by atoms with Gasteiger partial charge in [-0.1, -0.05) is 0 Å². The standard InChI is InChI=1S/C9H11N3OS/c1-2-12-7(6-13)5-8(11-12)9-10-3-4-14-9/h3-5,13H,2,6H2,1H3. The van der Waals surface area contributed by atoms with Crippen LogP contribution in [0.4, 0.5) is 0 Å². The summed E-state index contributed by atoms with van der Waals surface area (Å²) in [6.07, 6.45) is 1.75. The summed E-state index contributed by atoms with van der Waals surface area (Å²) in [5.74, 6) is 0. The van der Waals surface area contributed by atoms with Crippen molar-refractivity contribution in [3.8, 4) is 10.7 Å². The second-order valence-corrected chi connectivity index (χ2v) is 3.73. The van der Waals surface area contributed by atoms with Gasteiger partial charge in [-0.05, 0) is 13.0 Å². The van der Waals surface area contributed by atoms with Crippen LogP contribution in [-0.4, -0.2) is 19.9 Å². The third-order valence-electron chi connectivity index (χ3n) is 1.98. The monoisotopic (exact) mass is 209 g/mol. The predicted molar refractivity (Wildman–Crippen MR) is 54.9 cm³/mol. The van der Waals surface area contributed by atoms with Crippen LogP contribution in [0.3, 0.4) is 0 Å². The maximum atomic E-state index is 9.08. The number of hydrogen-bond donors (Lipinski definition) is 1. The van der Waals surface area contributed by atoms with Crippen molar-refractivity contribution in [2.45, 2.75) is 20.1 Å². The number of nitrogens with zero attached hydrogens (tertiary/aromatic N) is 3. The zero-order chi connectivity index (χ0) is 9.97. The van der Waals surface area contributed by atoms with Gasteiger partial charge in [-0.3, -0.25) is 4.68 Å². The van der Waals surface area contributed by atoms with E-state index < -0.39 is 0 Å². The molecule has 0 amide bonds. The Morgan fingerprint density at radius 2 is 2.43 bits per heavy atom. The minimum Gasteiger partial charge on any atom is -0.390 e. The van der Waals surface area contributed by atoms with E-state index in [1.807, 2.05) is 18.4 Å². The summed E-state index contributed by atoms with van der Waals surface area (Å²) >= 11 is 1.55. The Kier molecular flexibility index (Phi) is 2.60. The highest BCUT2D eigenvalue weighted by Gasteiger charge is 2.08. The minimum absolute atomic E-state index is 0.0201. The molecule has 0 saturated carbocycles. The van der Waals surface area contributed by atoms with Crippen LogP contribution in [0, 0.1) is 0 Å². The summed E-state index contributed by atoms with van der Waals surface area (Å²) < 4.78 is 1.79. The van der Waals surface area contributed by atoms with E-state index >= 15 is 0 Å². The lowest BCUT2D eigenvalue weighted by Crippen LogP contribution is -2.01. The van der Waals surface area contributed by atoms with Gasteiger partial charge >= 0.3 is 0 Å². The lowest BCUT2D eigenvalue weighted by molar-refractivity contribution is 0.268. The fourth-order valence-corrected chi connectivity index (χ4v) is 1.90. The van der Waals surface area contributed by atoms with Crippen molar-refractivity contribution in [3.63, 3.8) is 0 Å². The third kappa shape index (κ3) is 1.56. The Labute approximate surface area is 85.8 Å². The van der Waals surface area contributed by atoms with E-state index in [1.165, 1.54) is 0 Å². The van der Waals surface area contributed by atoms with Crippen molar-refractivity contribution in [3.05, 3.63) is 23.3 Å². The summed E-state index contributed by atoms with van der Waals surface area (Å²) in [4.78, 5) is 4.17. The van der Waals surface area contributed by atoms with Crippen LogP contribution >= 0.6 is 11.3 Å². The number of rotatable bonds is 3. The van der Waals surface area contributed by atoms with E-state index in [2.05, 4.69) is 10.1 Å². The van der Waals surface area contributed by atoms with Gasteiger partial charge in [0.25, 0.3) is 0 Å². The van der Waals surface area contributed by atoms with Gasteiger partial charge in [0.1, 0.15) is 10.7 Å². The zero-order valence-electron chi connectivity index (χ0n) is 7.84. The molecule has 2 aromatic rings. The number of aliphatic hydroxyl groups excluding tert-OH is 1. The maximum Gasteiger partial charge on any atom is 0.143 e. The fraction of sp³-hybridized carbons (Fsp3) is 0.333. The molecule has 74 valence electrons. The second kappa shape index (κ2) is 3.89. The Bertz CT molecular complexity index is 386. The normalized spacial score (nSPS) is 10.7. The first-order valence-corrected chi connectivity index (χ1v) is 5.30. The molecule has 0 aromatic carbocycles. The first-order valence-electron chi connectivity index (χ1n) is 4.42. The molecule has 14 heavy (non-hydrogen) atoms. The highest BCUT2D eigenvalue weighted by Crippen LogP contribution is 2.21. The van der Waals surface area contributed by atoms with Crippen LogP contribution in [-0.2, 0) is 13.2 Å². The van der Waals surface area contributed by atoms with Crippen molar-refractivity contribution in [1.82, 2.24) is 14.8 Å². The summed E-state index contributed by atoms with van der Waals surface area (Å²) in [6, 6.07) is 1.88. The molecule has 2 aromatic heterocycles. The first-order chi connectivity index (χ1) is 6.85. The van der Waals surface area contributed by atoms with Gasteiger partial charge < -0.3 is 5.11 Å². The van der Waals surface area contributed by atoms with Crippen molar-refractivity contribution in [2.24, 2.45) is 0 Å². The Hall–Kier alpha value is -1.20. The Balaban J connectivity index is 2.41. The number of hydrogen-bond acceptors (Lipinski definition) is 4. The second-order valence-electron chi connectivity index (χ2n) is 2.83. The molecule has 0 saturated heterocycles. The predicted octanol–water partition coefficient (Wildman–Crippen LogP) is 1.52. The lowest BCUT2D eigenvalue weighted by atomic mass is 10.4. The van der Waals surface area contributed by atoms with E-state index in [4.69, 9.17) is 5.11 Å². The van der Waals surface area contributed by atoms with Crippen LogP contribution in [0.15, 0.2) is 17.6 Å². The van der Waals surface area contributed by atoms with E-state index in [-0.39, 0.29) is 6.61 Å². The number of aryl methyl sites for hydroxylation is 1. The number of thiazole rings is 1. The minimum atomic E-state index is 0.0201. The molecule has 0 fully saturated rings. The largest absolute Gasteiger partial charge is 0.390 e. The lowest BCUT2D eigenvalue weighted by Gasteiger charge is -1.98. The molecule has 0 aliphatic heterocycles. The van der Waals surface area contributed by atoms with Gasteiger partial charge in [0, 0.05) is 18.1 Å². The highest BCUT2D eigenvalue weighted by atomic mass is 32.1. The first kappa shape index (κ1) is 9.36. The van der Waals surface area contributed by atoms with Crippen LogP contribution in [0.1, 0.15) is 12.6 Å². The molecule has 1 N–H and O–H groups in total. The molecular weight excluding hydrogens is 198 g/mol. The van der Waals surface area contributed by atoms with Gasteiger partial charge in [0.2, 0.25) is 0 Å². The van der Waals surface area contributed by atoms with Gasteiger partial charge in [-0.25, -0.2) is 4.98 Å². The zero-order valence-corrected chi connectivity index (χ0v) is 8.66. The summed E-state index contributed by atoms with van der Waals surface area (Å²) in [5.41, 5.74) is 1.67. The Morgan fingerprint density at radius 3 is 2.93 bits per heavy atom. The molecule has 0 unspecified atom stereocenters. The quantitative estimate of drug-likeness (QED) is 0.833. The number of aliphatic hydroxyl groups is 1. The van der Waals surface area contributed by atoms with Crippen LogP contribution < -0.4 is 0 Å². The molecule has 0 spiro atoms. The van der Waals surface area contributed by atoms with Gasteiger partial charge in [-0.2, -0.15) is 5.10 Å². The Morgan fingerprint density at radius 1 is 1.57 bits per heavy atom. The molecule has 0 aliphatic rings. The average molecular weight is 209 g/mol. The van der Waals surface area contributed by atoms with E-state index in [1.54, 1.807) is 22.2 Å². The van der Waals surface area contributed by atoms with Crippen molar-refractivity contribution < 1.29 is 5.11 Å². The summed E-state index contributed by atoms with van der Waals surface area (Å²) in [6.45, 7) is 2.78. The van der Waals surface area contributed by atoms with Crippen molar-refractivity contribution in [1.29, 1.82) is 0 Å². The SMILES string of the molecule is CCn1nc(-c2nccs2)cc1CO. The smallest absolute Gasteiger partial charge is 0.143 e. The summed E-state index contributed by atoms with van der Waals surface area (Å²) in [7, 11) is 0. The third-order valence-corrected chi connectivity index (χ3v) is 2.77. The van der Waals surface area contributed by atoms with E-state index in [0.717, 1.165) is 22.9 Å². The van der Waals surface area contributed by atoms with Crippen LogP contribution in [0.5, 0.6) is 0 Å². The van der Waals surface area contributed by atoms with E-state index in [0.29, 0.717) is 0 Å². The molecule has 0 radical (unpaired) electrons. The fourth-order valence-electron chi connectivity index (χ4n) is 1.31. The van der Waals surface area contributed by atoms with Gasteiger partial charge in [0.15, 0.2) is 0 Å². The average Bonchev–Trinajstić information content (AvgIpc) is 2.85. The molecule has 5 heteroatoms. The molecule has 0 atom stereocenters. The molecule has 0 aliphatic carbocycles. The maximum absolute atomic E-state index is 9.08. The van der Waals surface area contributed by atoms with Gasteiger partial charge in [-0.15, -0.1) is 11.3 Å². The molecule has 4 nitrogen and oxygen atoms in total. The molecule has 2 rings (SSSR count). The van der Waals surface area contributed by atoms with Crippen molar-refractivity contribution >= 4 is 11.3 Å². The molecule has 2 heterocycles. The number of aromatic nitrogens is 3. The highest BCUT2D eigenvalue weighted by molar-refractivity contribution is 7.13. The van der Waals surface area contributed by atoms with E-state index in [9.17, 15) is 0 Å². The topological polar surface area (TPSA) is 50.9 Å². The van der Waals surface area contributed by atoms with Crippen molar-refractivity contribution in [2.75, 3.05) is 0 Å². The van der Waals surface area contributed by atoms with Crippen LogP contribution in [0.2, 0.25) is 0 Å². The van der Waals surface area contributed by atoms with Crippen LogP contribution in [0.25, 0.3) is 10.7 Å². The van der Waals surface area contributed by atoms with Gasteiger partial charge in [0.05, 0.1) is 12.3 Å².